The minimum atomic E-state index is -0.305. The highest BCUT2D eigenvalue weighted by Crippen LogP contribution is 2.12. The Morgan fingerprint density at radius 1 is 0.946 bits per heavy atom. The first-order valence-electron chi connectivity index (χ1n) is 14.2. The molecule has 214 valence electrons. The number of halogens is 2. The summed E-state index contributed by atoms with van der Waals surface area (Å²) in [6, 6.07) is 10.8. The molecule has 6 nitrogen and oxygen atoms in total. The number of nitrogens with two attached hydrogens (primary N) is 1. The number of alkyl halides is 1. The van der Waals surface area contributed by atoms with E-state index in [2.05, 4.69) is 40.5 Å². The summed E-state index contributed by atoms with van der Waals surface area (Å²) in [5.74, 6) is 0.839. The molecule has 3 N–H and O–H groups in total. The van der Waals surface area contributed by atoms with Crippen LogP contribution in [0.15, 0.2) is 30.3 Å². The van der Waals surface area contributed by atoms with Crippen LogP contribution in [-0.4, -0.2) is 72.6 Å². The molecule has 0 spiro atoms. The van der Waals surface area contributed by atoms with E-state index in [1.807, 2.05) is 18.7 Å². The summed E-state index contributed by atoms with van der Waals surface area (Å²) in [5, 5.41) is 2.98. The molecule has 3 aliphatic heterocycles. The summed E-state index contributed by atoms with van der Waals surface area (Å²) < 4.78 is 0. The highest BCUT2D eigenvalue weighted by Gasteiger charge is 2.17. The lowest BCUT2D eigenvalue weighted by Gasteiger charge is -2.26. The van der Waals surface area contributed by atoms with Crippen LogP contribution in [0.4, 0.5) is 0 Å². The molecule has 0 radical (unpaired) electrons. The number of hydrogen-bond acceptors (Lipinski definition) is 5. The molecule has 3 saturated heterocycles. The third-order valence-corrected chi connectivity index (χ3v) is 6.42. The van der Waals surface area contributed by atoms with Crippen molar-refractivity contribution in [2.75, 3.05) is 51.7 Å². The molecule has 1 aromatic rings. The van der Waals surface area contributed by atoms with Crippen molar-refractivity contribution in [1.29, 1.82) is 0 Å². The monoisotopic (exact) mass is 558 g/mol. The van der Waals surface area contributed by atoms with E-state index in [0.29, 0.717) is 24.6 Å². The largest absolute Gasteiger partial charge is 0.343 e. The van der Waals surface area contributed by atoms with Gasteiger partial charge in [-0.15, -0.1) is 11.6 Å². The van der Waals surface area contributed by atoms with Crippen LogP contribution in [0.1, 0.15) is 83.6 Å². The van der Waals surface area contributed by atoms with Crippen LogP contribution in [0, 0.1) is 0 Å². The summed E-state index contributed by atoms with van der Waals surface area (Å²) in [6.45, 7) is 12.8. The molecule has 3 fully saturated rings. The van der Waals surface area contributed by atoms with E-state index in [9.17, 15) is 9.59 Å². The van der Waals surface area contributed by atoms with Crippen molar-refractivity contribution in [3.63, 3.8) is 0 Å². The summed E-state index contributed by atoms with van der Waals surface area (Å²) in [6.07, 6.45) is 11.3. The smallest absolute Gasteiger partial charge is 0.222 e. The second kappa shape index (κ2) is 26.4. The normalized spacial score (nSPS) is 17.0. The Labute approximate surface area is 236 Å². The quantitative estimate of drug-likeness (QED) is 0.341. The highest BCUT2D eigenvalue weighted by atomic mass is 35.5. The van der Waals surface area contributed by atoms with Crippen molar-refractivity contribution in [1.82, 2.24) is 15.1 Å². The first-order chi connectivity index (χ1) is 18.0. The Balaban J connectivity index is 0.000000472. The number of nitrogens with zero attached hydrogens (tertiary/aromatic N) is 2. The van der Waals surface area contributed by atoms with Crippen molar-refractivity contribution in [2.24, 2.45) is 5.73 Å². The van der Waals surface area contributed by atoms with Crippen LogP contribution < -0.4 is 11.1 Å². The van der Waals surface area contributed by atoms with Crippen LogP contribution in [0.25, 0.3) is 0 Å². The van der Waals surface area contributed by atoms with E-state index in [-0.39, 0.29) is 5.24 Å². The number of piperidine rings is 2. The van der Waals surface area contributed by atoms with Gasteiger partial charge in [0.05, 0.1) is 0 Å². The maximum atomic E-state index is 10.7. The molecular formula is C29H52Cl2N4O2. The Bertz CT molecular complexity index is 643. The molecular weight excluding hydrogens is 507 g/mol. The van der Waals surface area contributed by atoms with Gasteiger partial charge in [0.1, 0.15) is 0 Å². The van der Waals surface area contributed by atoms with E-state index < -0.39 is 0 Å². The third kappa shape index (κ3) is 22.5. The molecule has 3 heterocycles. The van der Waals surface area contributed by atoms with Gasteiger partial charge in [-0.3, -0.25) is 14.5 Å². The van der Waals surface area contributed by atoms with Gasteiger partial charge in [-0.05, 0) is 95.3 Å². The van der Waals surface area contributed by atoms with Gasteiger partial charge < -0.3 is 16.0 Å². The molecule has 0 aromatic heterocycles. The van der Waals surface area contributed by atoms with Crippen molar-refractivity contribution in [2.45, 2.75) is 84.6 Å². The maximum Gasteiger partial charge on any atom is 0.222 e. The molecule has 37 heavy (non-hydrogen) atoms. The van der Waals surface area contributed by atoms with Crippen LogP contribution >= 0.6 is 23.2 Å². The van der Waals surface area contributed by atoms with Gasteiger partial charge in [0.15, 0.2) is 0 Å². The number of benzene rings is 1. The van der Waals surface area contributed by atoms with Crippen molar-refractivity contribution < 1.29 is 9.59 Å². The summed E-state index contributed by atoms with van der Waals surface area (Å²) in [5.41, 5.74) is 6.30. The summed E-state index contributed by atoms with van der Waals surface area (Å²) in [4.78, 5) is 25.1. The Morgan fingerprint density at radius 2 is 1.54 bits per heavy atom. The van der Waals surface area contributed by atoms with Crippen molar-refractivity contribution >= 4 is 34.4 Å². The van der Waals surface area contributed by atoms with E-state index in [4.69, 9.17) is 28.9 Å². The van der Waals surface area contributed by atoms with Crippen molar-refractivity contribution in [3.05, 3.63) is 35.9 Å². The molecule has 0 saturated carbocycles. The van der Waals surface area contributed by atoms with E-state index in [1.54, 1.807) is 0 Å². The van der Waals surface area contributed by atoms with Crippen LogP contribution in [0.3, 0.4) is 0 Å². The number of amides is 1. The Kier molecular flexibility index (Phi) is 25.6. The third-order valence-electron chi connectivity index (χ3n) is 5.96. The lowest BCUT2D eigenvalue weighted by Crippen LogP contribution is -2.28. The van der Waals surface area contributed by atoms with E-state index in [1.165, 1.54) is 70.3 Å². The number of carbonyl (C=O) groups excluding carboxylic acids is 2. The van der Waals surface area contributed by atoms with E-state index in [0.717, 1.165) is 39.0 Å². The second-order valence-electron chi connectivity index (χ2n) is 9.27. The second-order valence-corrected chi connectivity index (χ2v) is 10.1. The average Bonchev–Trinajstić information content (AvgIpc) is 3.36. The number of likely N-dealkylation sites (tertiary alicyclic amines) is 2. The van der Waals surface area contributed by atoms with Crippen molar-refractivity contribution in [3.8, 4) is 0 Å². The average molecular weight is 560 g/mol. The van der Waals surface area contributed by atoms with Gasteiger partial charge in [-0.1, -0.05) is 50.1 Å². The first-order valence-corrected chi connectivity index (χ1v) is 15.1. The molecule has 0 unspecified atom stereocenters. The van der Waals surface area contributed by atoms with Gasteiger partial charge in [-0.2, -0.15) is 0 Å². The Hall–Kier alpha value is -1.18. The fourth-order valence-corrected chi connectivity index (χ4v) is 4.27. The maximum absolute atomic E-state index is 10.7. The fraction of sp³-hybridized carbons (Fsp3) is 0.724. The molecule has 3 aliphatic rings. The molecule has 8 heteroatoms. The molecule has 4 rings (SSSR count). The molecule has 1 aromatic carbocycles. The van der Waals surface area contributed by atoms with Gasteiger partial charge in [0.2, 0.25) is 11.1 Å². The lowest BCUT2D eigenvalue weighted by molar-refractivity contribution is -0.127. The van der Waals surface area contributed by atoms with Gasteiger partial charge in [0, 0.05) is 38.4 Å². The van der Waals surface area contributed by atoms with Crippen LogP contribution in [-0.2, 0) is 16.1 Å². The lowest BCUT2D eigenvalue weighted by atomic mass is 10.1. The van der Waals surface area contributed by atoms with Crippen LogP contribution in [0.5, 0.6) is 0 Å². The zero-order valence-corrected chi connectivity index (χ0v) is 24.9. The SMILES string of the molecule is C1CCNCC1.CCN.CCN1CCCC1=O.O=C(Cl)CCCCl.c1ccc(CN2CCCCC2)cc1. The molecule has 0 aliphatic carbocycles. The zero-order valence-electron chi connectivity index (χ0n) is 23.4. The topological polar surface area (TPSA) is 78.7 Å². The zero-order chi connectivity index (χ0) is 27.6. The predicted octanol–water partition coefficient (Wildman–Crippen LogP) is 5.80. The Morgan fingerprint density at radius 3 is 1.89 bits per heavy atom. The fourth-order valence-electron chi connectivity index (χ4n) is 4.01. The number of hydrogen-bond donors (Lipinski definition) is 2. The van der Waals surface area contributed by atoms with Gasteiger partial charge >= 0.3 is 0 Å². The van der Waals surface area contributed by atoms with Gasteiger partial charge in [0.25, 0.3) is 0 Å². The number of rotatable bonds is 6. The first kappa shape index (κ1) is 35.8. The minimum Gasteiger partial charge on any atom is -0.343 e. The number of carbonyl (C=O) groups is 2. The van der Waals surface area contributed by atoms with Crippen LogP contribution in [0.2, 0.25) is 0 Å². The van der Waals surface area contributed by atoms with Gasteiger partial charge in [-0.25, -0.2) is 0 Å². The summed E-state index contributed by atoms with van der Waals surface area (Å²) in [7, 11) is 0. The minimum absolute atomic E-state index is 0.305. The van der Waals surface area contributed by atoms with E-state index >= 15 is 0 Å². The highest BCUT2D eigenvalue weighted by molar-refractivity contribution is 6.63. The number of nitrogens with one attached hydrogen (secondary N) is 1. The summed E-state index contributed by atoms with van der Waals surface area (Å²) >= 11 is 10.2. The molecule has 0 atom stereocenters. The molecule has 0 bridgehead atoms. The molecule has 1 amide bonds. The standard InChI is InChI=1S/C12H17N.C6H11NO.C5H11N.C4H6Cl2O.C2H7N/c1-3-7-12(8-4-1)11-13-9-5-2-6-10-13;1-2-7-5-3-4-6(7)8;1-2-4-6-5-3-1;5-3-1-2-4(6)7;1-2-3/h1,3-4,7-8H,2,5-6,9-11H2;2-5H2,1H3;6H,1-5H2;1-3H2;2-3H2,1H3. The predicted molar refractivity (Wildman–Crippen MR) is 159 cm³/mol.